The summed E-state index contributed by atoms with van der Waals surface area (Å²) in [5.74, 6) is 0.0884. The molecule has 1 heterocycles. The first-order chi connectivity index (χ1) is 12.5. The largest absolute Gasteiger partial charge is 0.497 e. The third kappa shape index (κ3) is 4.05. The third-order valence-corrected chi connectivity index (χ3v) is 6.37. The van der Waals surface area contributed by atoms with E-state index in [1.54, 1.807) is 12.1 Å². The summed E-state index contributed by atoms with van der Waals surface area (Å²) in [7, 11) is -2.10. The van der Waals surface area contributed by atoms with Crippen LogP contribution in [0, 0.1) is 5.92 Å². The van der Waals surface area contributed by atoms with E-state index in [4.69, 9.17) is 4.74 Å². The second-order valence-corrected chi connectivity index (χ2v) is 8.17. The van der Waals surface area contributed by atoms with E-state index in [0.717, 1.165) is 0 Å². The lowest BCUT2D eigenvalue weighted by Crippen LogP contribution is -2.43. The molecule has 26 heavy (non-hydrogen) atoms. The van der Waals surface area contributed by atoms with Gasteiger partial charge in [0.25, 0.3) is 0 Å². The number of para-hydroxylation sites is 1. The van der Waals surface area contributed by atoms with Gasteiger partial charge in [0.05, 0.1) is 17.9 Å². The van der Waals surface area contributed by atoms with Gasteiger partial charge in [0.15, 0.2) is 0 Å². The monoisotopic (exact) mass is 374 g/mol. The van der Waals surface area contributed by atoms with E-state index < -0.39 is 10.0 Å². The van der Waals surface area contributed by atoms with Gasteiger partial charge in [-0.3, -0.25) is 4.79 Å². The molecule has 0 radical (unpaired) electrons. The highest BCUT2D eigenvalue weighted by atomic mass is 32.2. The zero-order valence-electron chi connectivity index (χ0n) is 14.6. The summed E-state index contributed by atoms with van der Waals surface area (Å²) >= 11 is 0. The molecule has 0 saturated carbocycles. The number of carbonyl (C=O) groups is 1. The highest BCUT2D eigenvalue weighted by Gasteiger charge is 2.33. The Bertz CT molecular complexity index is 851. The summed E-state index contributed by atoms with van der Waals surface area (Å²) in [4.78, 5) is 12.7. The quantitative estimate of drug-likeness (QED) is 0.873. The summed E-state index contributed by atoms with van der Waals surface area (Å²) in [5, 5.41) is 2.86. The second-order valence-electron chi connectivity index (χ2n) is 6.23. The summed E-state index contributed by atoms with van der Waals surface area (Å²) in [5.41, 5.74) is 0.715. The number of nitrogens with zero attached hydrogens (tertiary/aromatic N) is 1. The maximum atomic E-state index is 12.9. The SMILES string of the molecule is COc1ccc(S(=O)(=O)N2CCC[C@H](C(=O)Nc3ccccc3)C2)cc1. The van der Waals surface area contributed by atoms with Crippen LogP contribution in [-0.2, 0) is 14.8 Å². The molecule has 1 aliphatic heterocycles. The Kier molecular flexibility index (Phi) is 5.58. The molecule has 1 amide bonds. The number of methoxy groups -OCH3 is 1. The highest BCUT2D eigenvalue weighted by molar-refractivity contribution is 7.89. The summed E-state index contributed by atoms with van der Waals surface area (Å²) < 4.78 is 32.2. The number of benzene rings is 2. The van der Waals surface area contributed by atoms with Crippen LogP contribution in [0.25, 0.3) is 0 Å². The van der Waals surface area contributed by atoms with E-state index in [2.05, 4.69) is 5.32 Å². The minimum atomic E-state index is -3.63. The van der Waals surface area contributed by atoms with Gasteiger partial charge in [-0.05, 0) is 49.2 Å². The maximum Gasteiger partial charge on any atom is 0.243 e. The molecule has 138 valence electrons. The maximum absolute atomic E-state index is 12.9. The summed E-state index contributed by atoms with van der Waals surface area (Å²) in [6, 6.07) is 15.5. The van der Waals surface area contributed by atoms with Gasteiger partial charge in [-0.2, -0.15) is 4.31 Å². The normalized spacial score (nSPS) is 18.3. The molecule has 0 bridgehead atoms. The number of sulfonamides is 1. The molecule has 7 heteroatoms. The molecule has 1 atom stereocenters. The van der Waals surface area contributed by atoms with E-state index in [0.29, 0.717) is 30.8 Å². The van der Waals surface area contributed by atoms with Crippen molar-refractivity contribution in [3.05, 3.63) is 54.6 Å². The lowest BCUT2D eigenvalue weighted by Gasteiger charge is -2.31. The Balaban J connectivity index is 1.71. The summed E-state index contributed by atoms with van der Waals surface area (Å²) in [6.07, 6.45) is 1.33. The smallest absolute Gasteiger partial charge is 0.243 e. The summed E-state index contributed by atoms with van der Waals surface area (Å²) in [6.45, 7) is 0.608. The van der Waals surface area contributed by atoms with Crippen molar-refractivity contribution in [1.29, 1.82) is 0 Å². The Morgan fingerprint density at radius 1 is 1.12 bits per heavy atom. The average molecular weight is 374 g/mol. The topological polar surface area (TPSA) is 75.7 Å². The van der Waals surface area contributed by atoms with Gasteiger partial charge in [-0.15, -0.1) is 0 Å². The van der Waals surface area contributed by atoms with Crippen LogP contribution in [0.2, 0.25) is 0 Å². The number of hydrogen-bond donors (Lipinski definition) is 1. The van der Waals surface area contributed by atoms with Crippen LogP contribution < -0.4 is 10.1 Å². The Labute approximate surface area is 153 Å². The number of rotatable bonds is 5. The van der Waals surface area contributed by atoms with Gasteiger partial charge < -0.3 is 10.1 Å². The molecule has 2 aromatic rings. The molecular formula is C19H22N2O4S. The number of anilines is 1. The first-order valence-electron chi connectivity index (χ1n) is 8.51. The van der Waals surface area contributed by atoms with Crippen molar-refractivity contribution in [2.24, 2.45) is 5.92 Å². The van der Waals surface area contributed by atoms with Crippen LogP contribution in [0.1, 0.15) is 12.8 Å². The van der Waals surface area contributed by atoms with E-state index in [1.165, 1.54) is 23.5 Å². The van der Waals surface area contributed by atoms with Gasteiger partial charge in [-0.1, -0.05) is 18.2 Å². The number of ether oxygens (including phenoxy) is 1. The Morgan fingerprint density at radius 2 is 1.81 bits per heavy atom. The Morgan fingerprint density at radius 3 is 2.46 bits per heavy atom. The molecule has 3 rings (SSSR count). The van der Waals surface area contributed by atoms with E-state index in [1.807, 2.05) is 30.3 Å². The molecule has 2 aromatic carbocycles. The number of piperidine rings is 1. The fraction of sp³-hybridized carbons (Fsp3) is 0.316. The lowest BCUT2D eigenvalue weighted by molar-refractivity contribution is -0.120. The predicted octanol–water partition coefficient (Wildman–Crippen LogP) is 2.73. The molecule has 1 aliphatic rings. The average Bonchev–Trinajstić information content (AvgIpc) is 2.69. The van der Waals surface area contributed by atoms with Gasteiger partial charge in [0.1, 0.15) is 5.75 Å². The molecule has 1 N–H and O–H groups in total. The zero-order valence-corrected chi connectivity index (χ0v) is 15.4. The van der Waals surface area contributed by atoms with Crippen molar-refractivity contribution in [3.8, 4) is 5.75 Å². The molecule has 6 nitrogen and oxygen atoms in total. The van der Waals surface area contributed by atoms with E-state index >= 15 is 0 Å². The van der Waals surface area contributed by atoms with Crippen molar-refractivity contribution in [2.45, 2.75) is 17.7 Å². The third-order valence-electron chi connectivity index (χ3n) is 4.49. The van der Waals surface area contributed by atoms with Crippen LogP contribution in [0.15, 0.2) is 59.5 Å². The fourth-order valence-electron chi connectivity index (χ4n) is 3.04. The van der Waals surface area contributed by atoms with Gasteiger partial charge in [0.2, 0.25) is 15.9 Å². The van der Waals surface area contributed by atoms with Crippen molar-refractivity contribution in [3.63, 3.8) is 0 Å². The predicted molar refractivity (Wildman–Crippen MR) is 99.5 cm³/mol. The highest BCUT2D eigenvalue weighted by Crippen LogP contribution is 2.26. The molecule has 1 saturated heterocycles. The van der Waals surface area contributed by atoms with Crippen LogP contribution in [0.4, 0.5) is 5.69 Å². The second kappa shape index (κ2) is 7.88. The first kappa shape index (κ1) is 18.4. The molecule has 0 aromatic heterocycles. The van der Waals surface area contributed by atoms with Crippen LogP contribution in [0.3, 0.4) is 0 Å². The molecule has 0 spiro atoms. The van der Waals surface area contributed by atoms with E-state index in [9.17, 15) is 13.2 Å². The fourth-order valence-corrected chi connectivity index (χ4v) is 4.56. The van der Waals surface area contributed by atoms with E-state index in [-0.39, 0.29) is 23.3 Å². The van der Waals surface area contributed by atoms with Crippen LogP contribution in [0.5, 0.6) is 5.75 Å². The minimum Gasteiger partial charge on any atom is -0.497 e. The van der Waals surface area contributed by atoms with Crippen molar-refractivity contribution < 1.29 is 17.9 Å². The van der Waals surface area contributed by atoms with Gasteiger partial charge >= 0.3 is 0 Å². The number of nitrogens with one attached hydrogen (secondary N) is 1. The minimum absolute atomic E-state index is 0.147. The standard InChI is InChI=1S/C19H22N2O4S/c1-25-17-9-11-18(12-10-17)26(23,24)21-13-5-6-15(14-21)19(22)20-16-7-3-2-4-8-16/h2-4,7-12,15H,5-6,13-14H2,1H3,(H,20,22)/t15-/m0/s1. The van der Waals surface area contributed by atoms with Crippen molar-refractivity contribution in [1.82, 2.24) is 4.31 Å². The molecule has 0 unspecified atom stereocenters. The van der Waals surface area contributed by atoms with Gasteiger partial charge in [0, 0.05) is 18.8 Å². The molecule has 1 fully saturated rings. The Hall–Kier alpha value is -2.38. The zero-order chi connectivity index (χ0) is 18.6. The van der Waals surface area contributed by atoms with Crippen LogP contribution >= 0.6 is 0 Å². The van der Waals surface area contributed by atoms with Gasteiger partial charge in [-0.25, -0.2) is 8.42 Å². The number of hydrogen-bond acceptors (Lipinski definition) is 4. The van der Waals surface area contributed by atoms with Crippen molar-refractivity contribution in [2.75, 3.05) is 25.5 Å². The number of amides is 1. The van der Waals surface area contributed by atoms with Crippen LogP contribution in [-0.4, -0.2) is 38.8 Å². The number of carbonyl (C=O) groups excluding carboxylic acids is 1. The molecule has 0 aliphatic carbocycles. The first-order valence-corrected chi connectivity index (χ1v) is 9.95. The lowest BCUT2D eigenvalue weighted by atomic mass is 9.99. The molecular weight excluding hydrogens is 352 g/mol. The van der Waals surface area contributed by atoms with Crippen molar-refractivity contribution >= 4 is 21.6 Å².